The van der Waals surface area contributed by atoms with E-state index in [4.69, 9.17) is 0 Å². The fraction of sp³-hybridized carbons (Fsp3) is 0.933. The monoisotopic (exact) mass is 252 g/mol. The molecule has 18 heavy (non-hydrogen) atoms. The first-order valence-electron chi connectivity index (χ1n) is 7.53. The van der Waals surface area contributed by atoms with Crippen LogP contribution in [0.2, 0.25) is 0 Å². The molecule has 0 unspecified atom stereocenters. The van der Waals surface area contributed by atoms with Gasteiger partial charge in [0.05, 0.1) is 0 Å². The molecule has 0 heterocycles. The fourth-order valence-corrected chi connectivity index (χ4v) is 3.38. The Kier molecular flexibility index (Phi) is 4.31. The maximum absolute atomic E-state index is 12.1. The van der Waals surface area contributed by atoms with Gasteiger partial charge in [-0.1, -0.05) is 32.6 Å². The van der Waals surface area contributed by atoms with Crippen molar-refractivity contribution >= 4 is 5.91 Å². The zero-order valence-electron chi connectivity index (χ0n) is 12.0. The van der Waals surface area contributed by atoms with E-state index in [2.05, 4.69) is 17.6 Å². The zero-order valence-corrected chi connectivity index (χ0v) is 12.0. The molecule has 3 nitrogen and oxygen atoms in total. The quantitative estimate of drug-likeness (QED) is 0.789. The van der Waals surface area contributed by atoms with Crippen LogP contribution in [0.3, 0.4) is 0 Å². The molecule has 0 aromatic heterocycles. The molecule has 3 heteroatoms. The maximum Gasteiger partial charge on any atom is 0.221 e. The lowest BCUT2D eigenvalue weighted by molar-refractivity contribution is -0.123. The van der Waals surface area contributed by atoms with Crippen molar-refractivity contribution in [2.45, 2.75) is 70.3 Å². The Morgan fingerprint density at radius 1 is 1.06 bits per heavy atom. The summed E-state index contributed by atoms with van der Waals surface area (Å²) in [7, 11) is 2.01. The van der Waals surface area contributed by atoms with Gasteiger partial charge in [-0.05, 0) is 38.1 Å². The molecule has 0 bridgehead atoms. The van der Waals surface area contributed by atoms with Crippen LogP contribution >= 0.6 is 0 Å². The number of hydrogen-bond acceptors (Lipinski definition) is 2. The van der Waals surface area contributed by atoms with Gasteiger partial charge in [0.1, 0.15) is 0 Å². The Balaban J connectivity index is 1.78. The molecule has 0 aromatic carbocycles. The lowest BCUT2D eigenvalue weighted by Gasteiger charge is -2.40. The van der Waals surface area contributed by atoms with E-state index < -0.39 is 0 Å². The third kappa shape index (κ3) is 3.25. The van der Waals surface area contributed by atoms with Crippen molar-refractivity contribution in [1.29, 1.82) is 0 Å². The van der Waals surface area contributed by atoms with Crippen LogP contribution in [-0.4, -0.2) is 25.0 Å². The molecule has 2 fully saturated rings. The first-order chi connectivity index (χ1) is 8.58. The molecule has 2 N–H and O–H groups in total. The topological polar surface area (TPSA) is 41.1 Å². The van der Waals surface area contributed by atoms with Gasteiger partial charge in [0.2, 0.25) is 5.91 Å². The molecule has 1 amide bonds. The first-order valence-corrected chi connectivity index (χ1v) is 7.53. The van der Waals surface area contributed by atoms with Crippen molar-refractivity contribution in [2.24, 2.45) is 5.41 Å². The van der Waals surface area contributed by atoms with E-state index in [0.29, 0.717) is 11.8 Å². The summed E-state index contributed by atoms with van der Waals surface area (Å²) < 4.78 is 0. The van der Waals surface area contributed by atoms with E-state index in [1.807, 2.05) is 7.05 Å². The van der Waals surface area contributed by atoms with E-state index in [1.165, 1.54) is 38.5 Å². The second kappa shape index (κ2) is 5.60. The number of hydrogen-bond donors (Lipinski definition) is 2. The van der Waals surface area contributed by atoms with E-state index in [0.717, 1.165) is 19.4 Å². The molecule has 104 valence electrons. The van der Waals surface area contributed by atoms with Gasteiger partial charge in [0.15, 0.2) is 0 Å². The molecule has 0 aliphatic heterocycles. The van der Waals surface area contributed by atoms with Crippen LogP contribution in [0.25, 0.3) is 0 Å². The number of rotatable bonds is 5. The van der Waals surface area contributed by atoms with Crippen LogP contribution in [-0.2, 0) is 4.79 Å². The van der Waals surface area contributed by atoms with Gasteiger partial charge in [0.25, 0.3) is 0 Å². The molecular formula is C15H28N2O. The maximum atomic E-state index is 12.1. The Bertz CT molecular complexity index is 291. The van der Waals surface area contributed by atoms with E-state index in [9.17, 15) is 4.79 Å². The molecule has 2 saturated carbocycles. The van der Waals surface area contributed by atoms with E-state index in [-0.39, 0.29) is 11.4 Å². The second-order valence-corrected chi connectivity index (χ2v) is 6.71. The third-order valence-electron chi connectivity index (χ3n) is 5.11. The lowest BCUT2D eigenvalue weighted by atomic mass is 9.70. The van der Waals surface area contributed by atoms with Crippen molar-refractivity contribution in [3.8, 4) is 0 Å². The Morgan fingerprint density at radius 3 is 2.22 bits per heavy atom. The SMILES string of the molecule is CNC1(CC(=O)NCC2(C)CCC2)CCCCC1. The highest BCUT2D eigenvalue weighted by Gasteiger charge is 2.35. The number of carbonyl (C=O) groups excluding carboxylic acids is 1. The summed E-state index contributed by atoms with van der Waals surface area (Å²) in [5.41, 5.74) is 0.456. The lowest BCUT2D eigenvalue weighted by Crippen LogP contribution is -2.49. The summed E-state index contributed by atoms with van der Waals surface area (Å²) in [6, 6.07) is 0. The minimum absolute atomic E-state index is 0.0723. The number of carbonyl (C=O) groups is 1. The summed E-state index contributed by atoms with van der Waals surface area (Å²) in [4.78, 5) is 12.1. The van der Waals surface area contributed by atoms with Crippen molar-refractivity contribution in [3.05, 3.63) is 0 Å². The van der Waals surface area contributed by atoms with Crippen molar-refractivity contribution in [1.82, 2.24) is 10.6 Å². The van der Waals surface area contributed by atoms with Crippen LogP contribution in [0.5, 0.6) is 0 Å². The fourth-order valence-electron chi connectivity index (χ4n) is 3.38. The average molecular weight is 252 g/mol. The van der Waals surface area contributed by atoms with Gasteiger partial charge >= 0.3 is 0 Å². The van der Waals surface area contributed by atoms with Gasteiger partial charge in [-0.25, -0.2) is 0 Å². The Labute approximate surface area is 111 Å². The highest BCUT2D eigenvalue weighted by atomic mass is 16.1. The van der Waals surface area contributed by atoms with Crippen LogP contribution < -0.4 is 10.6 Å². The molecule has 0 saturated heterocycles. The number of amides is 1. The first kappa shape index (κ1) is 13.9. The minimum Gasteiger partial charge on any atom is -0.355 e. The summed E-state index contributed by atoms with van der Waals surface area (Å²) in [6.07, 6.45) is 10.6. The number of nitrogens with one attached hydrogen (secondary N) is 2. The van der Waals surface area contributed by atoms with Crippen LogP contribution in [0.4, 0.5) is 0 Å². The van der Waals surface area contributed by atoms with Gasteiger partial charge in [-0.2, -0.15) is 0 Å². The van der Waals surface area contributed by atoms with E-state index >= 15 is 0 Å². The summed E-state index contributed by atoms with van der Waals surface area (Å²) >= 11 is 0. The molecule has 0 spiro atoms. The predicted octanol–water partition coefficient (Wildman–Crippen LogP) is 2.61. The minimum atomic E-state index is 0.0723. The van der Waals surface area contributed by atoms with Crippen molar-refractivity contribution < 1.29 is 4.79 Å². The molecule has 0 aromatic rings. The van der Waals surface area contributed by atoms with Crippen molar-refractivity contribution in [3.63, 3.8) is 0 Å². The van der Waals surface area contributed by atoms with Crippen LogP contribution in [0, 0.1) is 5.41 Å². The largest absolute Gasteiger partial charge is 0.355 e. The summed E-state index contributed by atoms with van der Waals surface area (Å²) in [5, 5.41) is 6.57. The summed E-state index contributed by atoms with van der Waals surface area (Å²) in [6.45, 7) is 3.15. The standard InChI is InChI=1S/C15H28N2O/c1-14(7-6-8-14)12-17-13(18)11-15(16-2)9-4-3-5-10-15/h16H,3-12H2,1-2H3,(H,17,18). The molecule has 2 aliphatic carbocycles. The molecule has 0 atom stereocenters. The second-order valence-electron chi connectivity index (χ2n) is 6.71. The smallest absolute Gasteiger partial charge is 0.221 e. The Morgan fingerprint density at radius 2 is 1.72 bits per heavy atom. The predicted molar refractivity (Wildman–Crippen MR) is 74.5 cm³/mol. The molecule has 0 radical (unpaired) electrons. The van der Waals surface area contributed by atoms with Gasteiger partial charge in [-0.15, -0.1) is 0 Å². The highest BCUT2D eigenvalue weighted by Crippen LogP contribution is 2.39. The molecular weight excluding hydrogens is 224 g/mol. The summed E-state index contributed by atoms with van der Waals surface area (Å²) in [5.74, 6) is 0.236. The van der Waals surface area contributed by atoms with Crippen LogP contribution in [0.15, 0.2) is 0 Å². The zero-order chi connectivity index (χ0) is 13.1. The van der Waals surface area contributed by atoms with Crippen LogP contribution in [0.1, 0.15) is 64.7 Å². The third-order valence-corrected chi connectivity index (χ3v) is 5.11. The molecule has 2 aliphatic rings. The van der Waals surface area contributed by atoms with E-state index in [1.54, 1.807) is 0 Å². The highest BCUT2D eigenvalue weighted by molar-refractivity contribution is 5.77. The van der Waals surface area contributed by atoms with Gasteiger partial charge in [0, 0.05) is 18.5 Å². The van der Waals surface area contributed by atoms with Gasteiger partial charge < -0.3 is 10.6 Å². The van der Waals surface area contributed by atoms with Gasteiger partial charge in [-0.3, -0.25) is 4.79 Å². The average Bonchev–Trinajstić information content (AvgIpc) is 2.35. The van der Waals surface area contributed by atoms with Crippen molar-refractivity contribution in [2.75, 3.05) is 13.6 Å². The normalized spacial score (nSPS) is 25.2. The Hall–Kier alpha value is -0.570. The molecule has 2 rings (SSSR count).